The van der Waals surface area contributed by atoms with Gasteiger partial charge in [-0.15, -0.1) is 0 Å². The Morgan fingerprint density at radius 3 is 2.73 bits per heavy atom. The van der Waals surface area contributed by atoms with E-state index in [1.807, 2.05) is 0 Å². The zero-order valence-corrected chi connectivity index (χ0v) is 8.16. The Labute approximate surface area is 85.7 Å². The summed E-state index contributed by atoms with van der Waals surface area (Å²) in [5.41, 5.74) is -0.981. The molecule has 1 N–H and O–H groups in total. The fourth-order valence-corrected chi connectivity index (χ4v) is 1.73. The van der Waals surface area contributed by atoms with Crippen LogP contribution in [0.3, 0.4) is 0 Å². The van der Waals surface area contributed by atoms with Crippen LogP contribution in [0, 0.1) is 5.82 Å². The molecule has 0 amide bonds. The lowest BCUT2D eigenvalue weighted by Crippen LogP contribution is -2.22. The smallest absolute Gasteiger partial charge is 0.314 e. The summed E-state index contributed by atoms with van der Waals surface area (Å²) >= 11 is 0. The van der Waals surface area contributed by atoms with Crippen molar-refractivity contribution >= 4 is 5.97 Å². The first-order chi connectivity index (χ1) is 7.12. The van der Waals surface area contributed by atoms with Crippen molar-refractivity contribution in [3.8, 4) is 5.75 Å². The summed E-state index contributed by atoms with van der Waals surface area (Å²) in [7, 11) is 1.37. The minimum atomic E-state index is -1.10. The summed E-state index contributed by atoms with van der Waals surface area (Å²) in [4.78, 5) is 14.7. The van der Waals surface area contributed by atoms with E-state index in [0.717, 1.165) is 6.20 Å². The molecule has 80 valence electrons. The first-order valence-electron chi connectivity index (χ1n) is 4.53. The molecule has 5 heteroatoms. The van der Waals surface area contributed by atoms with Crippen LogP contribution in [0.4, 0.5) is 4.39 Å². The molecule has 1 saturated carbocycles. The van der Waals surface area contributed by atoms with E-state index in [1.165, 1.54) is 13.3 Å². The van der Waals surface area contributed by atoms with E-state index in [4.69, 9.17) is 9.84 Å². The minimum Gasteiger partial charge on any atom is -0.495 e. The molecule has 0 spiro atoms. The quantitative estimate of drug-likeness (QED) is 0.819. The van der Waals surface area contributed by atoms with Gasteiger partial charge in [-0.1, -0.05) is 0 Å². The molecule has 0 aliphatic heterocycles. The van der Waals surface area contributed by atoms with Gasteiger partial charge in [-0.25, -0.2) is 4.39 Å². The maximum Gasteiger partial charge on any atom is 0.314 e. The number of carbonyl (C=O) groups is 1. The predicted molar refractivity (Wildman–Crippen MR) is 49.3 cm³/mol. The van der Waals surface area contributed by atoms with E-state index >= 15 is 0 Å². The number of nitrogens with zero attached hydrogens (tertiary/aromatic N) is 1. The SMILES string of the molecule is COc1cncc(F)c1C1(C(=O)O)CC1. The van der Waals surface area contributed by atoms with Crippen LogP contribution in [0.1, 0.15) is 18.4 Å². The maximum absolute atomic E-state index is 13.5. The van der Waals surface area contributed by atoms with Crippen molar-refractivity contribution in [2.24, 2.45) is 0 Å². The molecule has 1 aliphatic carbocycles. The molecule has 0 bridgehead atoms. The van der Waals surface area contributed by atoms with Crippen molar-refractivity contribution < 1.29 is 19.0 Å². The molecule has 1 fully saturated rings. The van der Waals surface area contributed by atoms with E-state index in [-0.39, 0.29) is 11.3 Å². The van der Waals surface area contributed by atoms with Gasteiger partial charge in [-0.3, -0.25) is 9.78 Å². The Morgan fingerprint density at radius 1 is 1.60 bits per heavy atom. The molecule has 0 aromatic carbocycles. The number of hydrogen-bond acceptors (Lipinski definition) is 3. The molecule has 0 radical (unpaired) electrons. The predicted octanol–water partition coefficient (Wildman–Crippen LogP) is 1.35. The third-order valence-corrected chi connectivity index (χ3v) is 2.72. The number of hydrogen-bond donors (Lipinski definition) is 1. The normalized spacial score (nSPS) is 17.2. The van der Waals surface area contributed by atoms with Crippen molar-refractivity contribution in [1.29, 1.82) is 0 Å². The third-order valence-electron chi connectivity index (χ3n) is 2.72. The van der Waals surface area contributed by atoms with Crippen LogP contribution < -0.4 is 4.74 Å². The number of carboxylic acids is 1. The van der Waals surface area contributed by atoms with Crippen molar-refractivity contribution in [3.63, 3.8) is 0 Å². The average Bonchev–Trinajstić information content (AvgIpc) is 2.98. The number of ether oxygens (including phenoxy) is 1. The lowest BCUT2D eigenvalue weighted by Gasteiger charge is -2.14. The van der Waals surface area contributed by atoms with Gasteiger partial charge >= 0.3 is 5.97 Å². The Balaban J connectivity index is 2.56. The molecule has 2 rings (SSSR count). The first-order valence-corrected chi connectivity index (χ1v) is 4.53. The standard InChI is InChI=1S/C10H10FNO3/c1-15-7-5-12-4-6(11)8(7)10(2-3-10)9(13)14/h4-5H,2-3H2,1H3,(H,13,14). The number of aromatic nitrogens is 1. The molecule has 1 aliphatic rings. The minimum absolute atomic E-state index is 0.118. The zero-order chi connectivity index (χ0) is 11.1. The van der Waals surface area contributed by atoms with E-state index in [1.54, 1.807) is 0 Å². The van der Waals surface area contributed by atoms with E-state index < -0.39 is 17.2 Å². The Morgan fingerprint density at radius 2 is 2.27 bits per heavy atom. The highest BCUT2D eigenvalue weighted by Gasteiger charge is 2.55. The van der Waals surface area contributed by atoms with Crippen molar-refractivity contribution in [1.82, 2.24) is 4.98 Å². The van der Waals surface area contributed by atoms with Gasteiger partial charge in [0.1, 0.15) is 11.6 Å². The van der Waals surface area contributed by atoms with Crippen LogP contribution in [0.15, 0.2) is 12.4 Å². The molecule has 1 aromatic rings. The van der Waals surface area contributed by atoms with Crippen molar-refractivity contribution in [2.45, 2.75) is 18.3 Å². The van der Waals surface area contributed by atoms with Gasteiger partial charge in [0.2, 0.25) is 0 Å². The number of rotatable bonds is 3. The Kier molecular flexibility index (Phi) is 2.10. The molecule has 15 heavy (non-hydrogen) atoms. The first kappa shape index (κ1) is 9.89. The van der Waals surface area contributed by atoms with Gasteiger partial charge in [0.25, 0.3) is 0 Å². The van der Waals surface area contributed by atoms with Gasteiger partial charge in [-0.2, -0.15) is 0 Å². The van der Waals surface area contributed by atoms with E-state index in [9.17, 15) is 9.18 Å². The maximum atomic E-state index is 13.5. The van der Waals surface area contributed by atoms with E-state index in [2.05, 4.69) is 4.98 Å². The lowest BCUT2D eigenvalue weighted by atomic mass is 9.96. The monoisotopic (exact) mass is 211 g/mol. The van der Waals surface area contributed by atoms with Crippen LogP contribution in [0.5, 0.6) is 5.75 Å². The highest BCUT2D eigenvalue weighted by atomic mass is 19.1. The number of methoxy groups -OCH3 is 1. The van der Waals surface area contributed by atoms with Crippen molar-refractivity contribution in [3.05, 3.63) is 23.8 Å². The second kappa shape index (κ2) is 3.18. The molecule has 1 aromatic heterocycles. The van der Waals surface area contributed by atoms with Crippen LogP contribution in [-0.4, -0.2) is 23.2 Å². The van der Waals surface area contributed by atoms with Gasteiger partial charge < -0.3 is 9.84 Å². The molecule has 0 atom stereocenters. The highest BCUT2D eigenvalue weighted by Crippen LogP contribution is 2.52. The summed E-state index contributed by atoms with van der Waals surface area (Å²) in [5, 5.41) is 9.06. The summed E-state index contributed by atoms with van der Waals surface area (Å²) < 4.78 is 18.5. The van der Waals surface area contributed by atoms with Crippen LogP contribution in [0.25, 0.3) is 0 Å². The lowest BCUT2D eigenvalue weighted by molar-refractivity contribution is -0.140. The number of halogens is 1. The van der Waals surface area contributed by atoms with Crippen LogP contribution >= 0.6 is 0 Å². The molecule has 1 heterocycles. The largest absolute Gasteiger partial charge is 0.495 e. The van der Waals surface area contributed by atoms with Gasteiger partial charge in [0, 0.05) is 0 Å². The molecular weight excluding hydrogens is 201 g/mol. The number of pyridine rings is 1. The van der Waals surface area contributed by atoms with Gasteiger partial charge in [-0.05, 0) is 12.8 Å². The number of aliphatic carboxylic acids is 1. The fourth-order valence-electron chi connectivity index (χ4n) is 1.73. The second-order valence-corrected chi connectivity index (χ2v) is 3.59. The third kappa shape index (κ3) is 1.35. The summed E-state index contributed by atoms with van der Waals surface area (Å²) in [6.45, 7) is 0. The van der Waals surface area contributed by atoms with Gasteiger partial charge in [0.05, 0.1) is 30.5 Å². The fraction of sp³-hybridized carbons (Fsp3) is 0.400. The van der Waals surface area contributed by atoms with Crippen molar-refractivity contribution in [2.75, 3.05) is 7.11 Å². The molecule has 0 saturated heterocycles. The number of carboxylic acid groups (broad SMARTS) is 1. The zero-order valence-electron chi connectivity index (χ0n) is 8.16. The summed E-state index contributed by atoms with van der Waals surface area (Å²) in [6.07, 6.45) is 3.24. The second-order valence-electron chi connectivity index (χ2n) is 3.59. The van der Waals surface area contributed by atoms with Gasteiger partial charge in [0.15, 0.2) is 0 Å². The summed E-state index contributed by atoms with van der Waals surface area (Å²) in [6, 6.07) is 0. The average molecular weight is 211 g/mol. The Hall–Kier alpha value is -1.65. The van der Waals surface area contributed by atoms with E-state index in [0.29, 0.717) is 12.8 Å². The molecule has 0 unspecified atom stereocenters. The Bertz CT molecular complexity index is 415. The molecular formula is C10H10FNO3. The van der Waals surface area contributed by atoms with Crippen LogP contribution in [-0.2, 0) is 10.2 Å². The summed E-state index contributed by atoms with van der Waals surface area (Å²) in [5.74, 6) is -1.42. The topological polar surface area (TPSA) is 59.4 Å². The molecule has 4 nitrogen and oxygen atoms in total. The van der Waals surface area contributed by atoms with Crippen LogP contribution in [0.2, 0.25) is 0 Å². The highest BCUT2D eigenvalue weighted by molar-refractivity contribution is 5.86.